The van der Waals surface area contributed by atoms with Crippen molar-refractivity contribution in [3.05, 3.63) is 41.0 Å². The summed E-state index contributed by atoms with van der Waals surface area (Å²) in [5, 5.41) is 7.65. The van der Waals surface area contributed by atoms with Gasteiger partial charge in [0.25, 0.3) is 5.91 Å². The normalized spacial score (nSPS) is 17.9. The minimum atomic E-state index is -0.0152. The average Bonchev–Trinajstić information content (AvgIpc) is 2.95. The predicted octanol–water partition coefficient (Wildman–Crippen LogP) is 1.87. The number of carbonyl (C=O) groups is 1. The van der Waals surface area contributed by atoms with Crippen LogP contribution in [0.3, 0.4) is 0 Å². The molecule has 5 nitrogen and oxygen atoms in total. The molecule has 1 unspecified atom stereocenters. The number of fused-ring (bicyclic) bond motifs is 1. The largest absolute Gasteiger partial charge is 0.347 e. The molecule has 0 saturated heterocycles. The average molecular weight is 272 g/mol. The van der Waals surface area contributed by atoms with Gasteiger partial charge in [0.05, 0.1) is 11.7 Å². The maximum absolute atomic E-state index is 12.4. The lowest BCUT2D eigenvalue weighted by atomic mass is 9.91. The van der Waals surface area contributed by atoms with Crippen LogP contribution in [-0.4, -0.2) is 20.3 Å². The Bertz CT molecular complexity index is 653. The third-order valence-electron chi connectivity index (χ3n) is 4.13. The van der Waals surface area contributed by atoms with E-state index in [0.717, 1.165) is 25.0 Å². The summed E-state index contributed by atoms with van der Waals surface area (Å²) in [6.07, 6.45) is 5.00. The third-order valence-corrected chi connectivity index (χ3v) is 4.13. The summed E-state index contributed by atoms with van der Waals surface area (Å²) < 4.78 is 3.79. The van der Waals surface area contributed by atoms with Gasteiger partial charge in [-0.15, -0.1) is 0 Å². The number of nitrogens with zero attached hydrogens (tertiary/aromatic N) is 3. The summed E-state index contributed by atoms with van der Waals surface area (Å²) in [7, 11) is 3.86. The molecule has 0 saturated carbocycles. The molecule has 1 aliphatic rings. The van der Waals surface area contributed by atoms with E-state index in [4.69, 9.17) is 0 Å². The first-order valence-corrected chi connectivity index (χ1v) is 7.02. The van der Waals surface area contributed by atoms with Crippen molar-refractivity contribution in [1.29, 1.82) is 0 Å². The van der Waals surface area contributed by atoms with Gasteiger partial charge in [-0.05, 0) is 38.3 Å². The topological polar surface area (TPSA) is 51.9 Å². The highest BCUT2D eigenvalue weighted by Crippen LogP contribution is 2.31. The molecule has 3 rings (SSSR count). The second kappa shape index (κ2) is 4.81. The van der Waals surface area contributed by atoms with Crippen LogP contribution in [0.25, 0.3) is 0 Å². The van der Waals surface area contributed by atoms with Crippen LogP contribution in [0.1, 0.15) is 46.3 Å². The lowest BCUT2D eigenvalue weighted by Crippen LogP contribution is -2.32. The van der Waals surface area contributed by atoms with Gasteiger partial charge in [-0.1, -0.05) is 0 Å². The molecule has 2 aromatic heterocycles. The Hall–Kier alpha value is -2.04. The van der Waals surface area contributed by atoms with Gasteiger partial charge in [-0.3, -0.25) is 9.48 Å². The standard InChI is InChI=1S/C15H20N4O/c1-10-14-11(6-4-7-12(14)19(3)17-10)16-15(20)13-8-5-9-18(13)2/h5,8-9,11H,4,6-7H2,1-3H3,(H,16,20). The zero-order chi connectivity index (χ0) is 14.3. The quantitative estimate of drug-likeness (QED) is 0.907. The van der Waals surface area contributed by atoms with Gasteiger partial charge in [-0.25, -0.2) is 0 Å². The first kappa shape index (κ1) is 13.0. The Kier molecular flexibility index (Phi) is 3.12. The maximum atomic E-state index is 12.4. The van der Waals surface area contributed by atoms with E-state index >= 15 is 0 Å². The molecule has 1 N–H and O–H groups in total. The van der Waals surface area contributed by atoms with Gasteiger partial charge in [-0.2, -0.15) is 5.10 Å². The lowest BCUT2D eigenvalue weighted by Gasteiger charge is -2.24. The molecule has 2 heterocycles. The molecule has 106 valence electrons. The molecular formula is C15H20N4O. The summed E-state index contributed by atoms with van der Waals surface area (Å²) in [6, 6.07) is 3.81. The zero-order valence-electron chi connectivity index (χ0n) is 12.2. The smallest absolute Gasteiger partial charge is 0.268 e. The first-order valence-electron chi connectivity index (χ1n) is 7.02. The van der Waals surface area contributed by atoms with Crippen molar-refractivity contribution in [2.45, 2.75) is 32.2 Å². The van der Waals surface area contributed by atoms with Gasteiger partial charge >= 0.3 is 0 Å². The highest BCUT2D eigenvalue weighted by molar-refractivity contribution is 5.93. The number of aryl methyl sites for hydroxylation is 3. The minimum Gasteiger partial charge on any atom is -0.347 e. The number of amides is 1. The zero-order valence-corrected chi connectivity index (χ0v) is 12.2. The number of rotatable bonds is 2. The van der Waals surface area contributed by atoms with Gasteiger partial charge in [0.2, 0.25) is 0 Å². The van der Waals surface area contributed by atoms with E-state index in [2.05, 4.69) is 10.4 Å². The van der Waals surface area contributed by atoms with Gasteiger partial charge in [0.1, 0.15) is 5.69 Å². The van der Waals surface area contributed by atoms with Gasteiger partial charge < -0.3 is 9.88 Å². The van der Waals surface area contributed by atoms with Crippen molar-refractivity contribution >= 4 is 5.91 Å². The number of carbonyl (C=O) groups excluding carboxylic acids is 1. The van der Waals surface area contributed by atoms with E-state index in [9.17, 15) is 4.79 Å². The Labute approximate surface area is 118 Å². The van der Waals surface area contributed by atoms with E-state index in [1.807, 2.05) is 48.6 Å². The summed E-state index contributed by atoms with van der Waals surface area (Å²) in [4.78, 5) is 12.4. The predicted molar refractivity (Wildman–Crippen MR) is 76.5 cm³/mol. The molecule has 0 aliphatic heterocycles. The third kappa shape index (κ3) is 2.03. The van der Waals surface area contributed by atoms with E-state index in [1.54, 1.807) is 0 Å². The van der Waals surface area contributed by atoms with Crippen LogP contribution in [0.2, 0.25) is 0 Å². The molecule has 1 aliphatic carbocycles. The molecule has 1 amide bonds. The van der Waals surface area contributed by atoms with Crippen LogP contribution in [-0.2, 0) is 20.5 Å². The number of aromatic nitrogens is 3. The molecule has 1 atom stereocenters. The van der Waals surface area contributed by atoms with Crippen LogP contribution in [0.15, 0.2) is 18.3 Å². The monoisotopic (exact) mass is 272 g/mol. The minimum absolute atomic E-state index is 0.0152. The second-order valence-electron chi connectivity index (χ2n) is 5.49. The van der Waals surface area contributed by atoms with Crippen molar-refractivity contribution in [3.63, 3.8) is 0 Å². The maximum Gasteiger partial charge on any atom is 0.268 e. The highest BCUT2D eigenvalue weighted by Gasteiger charge is 2.27. The summed E-state index contributed by atoms with van der Waals surface area (Å²) in [5.41, 5.74) is 4.19. The van der Waals surface area contributed by atoms with Crippen LogP contribution >= 0.6 is 0 Å². The molecular weight excluding hydrogens is 252 g/mol. The number of hydrogen-bond acceptors (Lipinski definition) is 2. The van der Waals surface area contributed by atoms with Crippen molar-refractivity contribution < 1.29 is 4.79 Å². The highest BCUT2D eigenvalue weighted by atomic mass is 16.2. The first-order chi connectivity index (χ1) is 9.58. The Morgan fingerprint density at radius 1 is 1.45 bits per heavy atom. The van der Waals surface area contributed by atoms with E-state index < -0.39 is 0 Å². The van der Waals surface area contributed by atoms with Crippen molar-refractivity contribution in [2.24, 2.45) is 14.1 Å². The molecule has 20 heavy (non-hydrogen) atoms. The Morgan fingerprint density at radius 2 is 2.25 bits per heavy atom. The SMILES string of the molecule is Cc1nn(C)c2c1C(NC(=O)c1cccn1C)CCC2. The molecule has 0 radical (unpaired) electrons. The fourth-order valence-electron chi connectivity index (χ4n) is 3.16. The van der Waals surface area contributed by atoms with Crippen LogP contribution in [0, 0.1) is 6.92 Å². The molecule has 0 aromatic carbocycles. The fraction of sp³-hybridized carbons (Fsp3) is 0.467. The van der Waals surface area contributed by atoms with Crippen LogP contribution < -0.4 is 5.32 Å². The van der Waals surface area contributed by atoms with E-state index in [-0.39, 0.29) is 11.9 Å². The summed E-state index contributed by atoms with van der Waals surface area (Å²) in [5.74, 6) is -0.0152. The molecule has 0 bridgehead atoms. The van der Waals surface area contributed by atoms with Gasteiger partial charge in [0, 0.05) is 31.5 Å². The number of nitrogens with one attached hydrogen (secondary N) is 1. The number of hydrogen-bond donors (Lipinski definition) is 1. The fourth-order valence-corrected chi connectivity index (χ4v) is 3.16. The van der Waals surface area contributed by atoms with Crippen molar-refractivity contribution in [3.8, 4) is 0 Å². The van der Waals surface area contributed by atoms with E-state index in [1.165, 1.54) is 11.3 Å². The molecule has 5 heteroatoms. The Morgan fingerprint density at radius 3 is 2.95 bits per heavy atom. The van der Waals surface area contributed by atoms with Gasteiger partial charge in [0.15, 0.2) is 0 Å². The second-order valence-corrected chi connectivity index (χ2v) is 5.49. The van der Waals surface area contributed by atoms with Crippen LogP contribution in [0.4, 0.5) is 0 Å². The summed E-state index contributed by atoms with van der Waals surface area (Å²) in [6.45, 7) is 2.02. The lowest BCUT2D eigenvalue weighted by molar-refractivity contribution is 0.0924. The molecule has 0 spiro atoms. The van der Waals surface area contributed by atoms with E-state index in [0.29, 0.717) is 5.69 Å². The summed E-state index contributed by atoms with van der Waals surface area (Å²) >= 11 is 0. The molecule has 2 aromatic rings. The molecule has 0 fully saturated rings. The van der Waals surface area contributed by atoms with Crippen molar-refractivity contribution in [2.75, 3.05) is 0 Å². The van der Waals surface area contributed by atoms with Crippen LogP contribution in [0.5, 0.6) is 0 Å². The van der Waals surface area contributed by atoms with Crippen molar-refractivity contribution in [1.82, 2.24) is 19.7 Å². The Balaban J connectivity index is 1.87.